The van der Waals surface area contributed by atoms with E-state index in [0.29, 0.717) is 31.0 Å². The van der Waals surface area contributed by atoms with E-state index < -0.39 is 10.0 Å². The van der Waals surface area contributed by atoms with Crippen molar-refractivity contribution in [3.63, 3.8) is 0 Å². The van der Waals surface area contributed by atoms with Gasteiger partial charge in [-0.2, -0.15) is 0 Å². The number of benzene rings is 2. The van der Waals surface area contributed by atoms with E-state index in [2.05, 4.69) is 0 Å². The number of ether oxygens (including phenoxy) is 1. The van der Waals surface area contributed by atoms with Crippen LogP contribution in [0.25, 0.3) is 0 Å². The van der Waals surface area contributed by atoms with Crippen LogP contribution in [0.15, 0.2) is 42.5 Å². The van der Waals surface area contributed by atoms with Crippen LogP contribution in [-0.4, -0.2) is 27.3 Å². The van der Waals surface area contributed by atoms with E-state index in [1.807, 2.05) is 56.3 Å². The molecule has 0 amide bonds. The van der Waals surface area contributed by atoms with Crippen molar-refractivity contribution >= 4 is 15.7 Å². The van der Waals surface area contributed by atoms with Gasteiger partial charge in [0.1, 0.15) is 12.4 Å². The molecule has 4 nitrogen and oxygen atoms in total. The molecule has 1 aliphatic rings. The molecule has 1 heterocycles. The summed E-state index contributed by atoms with van der Waals surface area (Å²) < 4.78 is 32.8. The zero-order valence-corrected chi connectivity index (χ0v) is 14.3. The van der Waals surface area contributed by atoms with E-state index in [4.69, 9.17) is 4.74 Å². The molecule has 0 spiro atoms. The molecule has 3 rings (SSSR count). The quantitative estimate of drug-likeness (QED) is 0.865. The zero-order valence-electron chi connectivity index (χ0n) is 13.5. The van der Waals surface area contributed by atoms with Crippen molar-refractivity contribution in [3.8, 4) is 5.75 Å². The number of nitrogens with zero attached hydrogens (tertiary/aromatic N) is 1. The van der Waals surface area contributed by atoms with Crippen molar-refractivity contribution in [1.29, 1.82) is 0 Å². The summed E-state index contributed by atoms with van der Waals surface area (Å²) in [6, 6.07) is 13.6. The third-order valence-corrected chi connectivity index (χ3v) is 5.80. The third kappa shape index (κ3) is 3.34. The summed E-state index contributed by atoms with van der Waals surface area (Å²) in [6.45, 7) is 4.67. The lowest BCUT2D eigenvalue weighted by Crippen LogP contribution is -2.40. The second kappa shape index (κ2) is 6.24. The van der Waals surface area contributed by atoms with Gasteiger partial charge in [0.25, 0.3) is 0 Å². The molecule has 0 bridgehead atoms. The average Bonchev–Trinajstić information content (AvgIpc) is 2.53. The average molecular weight is 331 g/mol. The Kier molecular flexibility index (Phi) is 4.31. The van der Waals surface area contributed by atoms with Gasteiger partial charge in [-0.05, 0) is 43.0 Å². The van der Waals surface area contributed by atoms with E-state index in [1.54, 1.807) is 0 Å². The maximum Gasteiger partial charge on any atom is 0.235 e. The molecule has 0 aliphatic carbocycles. The van der Waals surface area contributed by atoms with Crippen LogP contribution in [0, 0.1) is 13.8 Å². The van der Waals surface area contributed by atoms with Crippen LogP contribution in [0.5, 0.6) is 5.75 Å². The molecule has 2 aromatic rings. The van der Waals surface area contributed by atoms with E-state index in [1.165, 1.54) is 4.31 Å². The fraction of sp³-hybridized carbons (Fsp3) is 0.333. The molecule has 5 heteroatoms. The van der Waals surface area contributed by atoms with Crippen molar-refractivity contribution in [2.24, 2.45) is 0 Å². The Bertz CT molecular complexity index is 801. The Hall–Kier alpha value is -2.01. The van der Waals surface area contributed by atoms with E-state index in [0.717, 1.165) is 16.7 Å². The highest BCUT2D eigenvalue weighted by atomic mass is 32.2. The molecule has 1 aliphatic heterocycles. The molecule has 0 unspecified atom stereocenters. The smallest absolute Gasteiger partial charge is 0.235 e. The molecule has 0 radical (unpaired) electrons. The van der Waals surface area contributed by atoms with Gasteiger partial charge >= 0.3 is 0 Å². The van der Waals surface area contributed by atoms with Gasteiger partial charge in [0.15, 0.2) is 0 Å². The topological polar surface area (TPSA) is 46.6 Å². The molecule has 0 fully saturated rings. The van der Waals surface area contributed by atoms with Gasteiger partial charge in [0.05, 0.1) is 18.0 Å². The minimum Gasteiger partial charge on any atom is -0.489 e. The minimum absolute atomic E-state index is 0.101. The van der Waals surface area contributed by atoms with Gasteiger partial charge in [-0.1, -0.05) is 36.4 Å². The summed E-state index contributed by atoms with van der Waals surface area (Å²) in [6.07, 6.45) is 0.515. The second-order valence-corrected chi connectivity index (χ2v) is 7.91. The first-order chi connectivity index (χ1) is 11.0. The Morgan fingerprint density at radius 1 is 1.13 bits per heavy atom. The highest BCUT2D eigenvalue weighted by Gasteiger charge is 2.29. The van der Waals surface area contributed by atoms with Crippen LogP contribution in [0.1, 0.15) is 16.7 Å². The standard InChI is InChI=1S/C18H21NO3S/c1-14-12-15(2)18-17(13-14)22-10-9-19(18)23(20,21)11-8-16-6-4-3-5-7-16/h3-7,12-13H,8-11H2,1-2H3. The van der Waals surface area contributed by atoms with Crippen LogP contribution in [0.4, 0.5) is 5.69 Å². The number of anilines is 1. The predicted octanol–water partition coefficient (Wildman–Crippen LogP) is 3.07. The molecule has 0 saturated carbocycles. The highest BCUT2D eigenvalue weighted by molar-refractivity contribution is 7.92. The van der Waals surface area contributed by atoms with Crippen LogP contribution in [0.3, 0.4) is 0 Å². The Balaban J connectivity index is 1.87. The summed E-state index contributed by atoms with van der Waals surface area (Å²) in [5, 5.41) is 0. The monoisotopic (exact) mass is 331 g/mol. The van der Waals surface area contributed by atoms with E-state index in [-0.39, 0.29) is 5.75 Å². The normalized spacial score (nSPS) is 14.3. The molecule has 2 aromatic carbocycles. The van der Waals surface area contributed by atoms with Crippen molar-refractivity contribution < 1.29 is 13.2 Å². The molecular formula is C18H21NO3S. The lowest BCUT2D eigenvalue weighted by Gasteiger charge is -2.32. The molecule has 23 heavy (non-hydrogen) atoms. The van der Waals surface area contributed by atoms with Crippen LogP contribution >= 0.6 is 0 Å². The van der Waals surface area contributed by atoms with Gasteiger partial charge in [-0.15, -0.1) is 0 Å². The van der Waals surface area contributed by atoms with Crippen molar-refractivity contribution in [1.82, 2.24) is 0 Å². The summed E-state index contributed by atoms with van der Waals surface area (Å²) >= 11 is 0. The molecule has 122 valence electrons. The Morgan fingerprint density at radius 2 is 1.87 bits per heavy atom. The molecular weight excluding hydrogens is 310 g/mol. The number of sulfonamides is 1. The van der Waals surface area contributed by atoms with Gasteiger partial charge in [-0.25, -0.2) is 8.42 Å². The SMILES string of the molecule is Cc1cc(C)c2c(c1)OCCN2S(=O)(=O)CCc1ccccc1. The molecule has 0 atom stereocenters. The number of hydrogen-bond donors (Lipinski definition) is 0. The first-order valence-electron chi connectivity index (χ1n) is 7.76. The second-order valence-electron chi connectivity index (χ2n) is 5.90. The Labute approximate surface area is 137 Å². The zero-order chi connectivity index (χ0) is 16.4. The Morgan fingerprint density at radius 3 is 2.61 bits per heavy atom. The van der Waals surface area contributed by atoms with E-state index in [9.17, 15) is 8.42 Å². The molecule has 0 aromatic heterocycles. The first-order valence-corrected chi connectivity index (χ1v) is 9.37. The number of aryl methyl sites for hydroxylation is 3. The third-order valence-electron chi connectivity index (χ3n) is 4.04. The number of hydrogen-bond acceptors (Lipinski definition) is 3. The van der Waals surface area contributed by atoms with E-state index >= 15 is 0 Å². The number of fused-ring (bicyclic) bond motifs is 1. The van der Waals surface area contributed by atoms with Gasteiger partial charge in [0.2, 0.25) is 10.0 Å². The van der Waals surface area contributed by atoms with Crippen LogP contribution in [-0.2, 0) is 16.4 Å². The number of rotatable bonds is 4. The van der Waals surface area contributed by atoms with Crippen LogP contribution < -0.4 is 9.04 Å². The summed E-state index contributed by atoms with van der Waals surface area (Å²) in [5.74, 6) is 0.765. The minimum atomic E-state index is -3.38. The maximum atomic E-state index is 12.8. The lowest BCUT2D eigenvalue weighted by atomic mass is 10.1. The summed E-state index contributed by atoms with van der Waals surface area (Å²) in [4.78, 5) is 0. The maximum absolute atomic E-state index is 12.8. The van der Waals surface area contributed by atoms with Crippen molar-refractivity contribution in [3.05, 3.63) is 59.2 Å². The summed E-state index contributed by atoms with van der Waals surface area (Å²) in [7, 11) is -3.38. The molecule has 0 saturated heterocycles. The summed E-state index contributed by atoms with van der Waals surface area (Å²) in [5.41, 5.74) is 3.73. The fourth-order valence-electron chi connectivity index (χ4n) is 2.98. The predicted molar refractivity (Wildman–Crippen MR) is 92.7 cm³/mol. The largest absolute Gasteiger partial charge is 0.489 e. The first kappa shape index (κ1) is 15.9. The fourth-order valence-corrected chi connectivity index (χ4v) is 4.56. The van der Waals surface area contributed by atoms with Crippen molar-refractivity contribution in [2.45, 2.75) is 20.3 Å². The highest BCUT2D eigenvalue weighted by Crippen LogP contribution is 2.37. The molecule has 0 N–H and O–H groups in total. The van der Waals surface area contributed by atoms with Gasteiger partial charge in [-0.3, -0.25) is 4.31 Å². The lowest BCUT2D eigenvalue weighted by molar-refractivity contribution is 0.315. The van der Waals surface area contributed by atoms with Crippen molar-refractivity contribution in [2.75, 3.05) is 23.2 Å². The van der Waals surface area contributed by atoms with Gasteiger partial charge < -0.3 is 4.74 Å². The van der Waals surface area contributed by atoms with Gasteiger partial charge in [0, 0.05) is 0 Å². The van der Waals surface area contributed by atoms with Crippen LogP contribution in [0.2, 0.25) is 0 Å².